The second kappa shape index (κ2) is 9.08. The van der Waals surface area contributed by atoms with Gasteiger partial charge in [0.2, 0.25) is 10.0 Å². The fraction of sp³-hybridized carbons (Fsp3) is 0.650. The van der Waals surface area contributed by atoms with Crippen LogP contribution in [0, 0.1) is 0 Å². The summed E-state index contributed by atoms with van der Waals surface area (Å²) in [6, 6.07) is 2.44. The molecule has 1 aromatic carbocycles. The van der Waals surface area contributed by atoms with Crippen LogP contribution in [0.5, 0.6) is 0 Å². The van der Waals surface area contributed by atoms with E-state index in [2.05, 4.69) is 10.0 Å². The lowest BCUT2D eigenvalue weighted by molar-refractivity contribution is -0.137. The first kappa shape index (κ1) is 27.4. The summed E-state index contributed by atoms with van der Waals surface area (Å²) >= 11 is 0. The Morgan fingerprint density at radius 3 is 2.06 bits per heavy atom. The topological polar surface area (TPSA) is 103 Å². The Bertz CT molecular complexity index is 974. The maximum Gasteiger partial charge on any atom is 0.494 e. The van der Waals surface area contributed by atoms with Crippen LogP contribution in [0.2, 0.25) is 0 Å². The lowest BCUT2D eigenvalue weighted by Gasteiger charge is -2.32. The van der Waals surface area contributed by atoms with Gasteiger partial charge in [-0.15, -0.1) is 0 Å². The van der Waals surface area contributed by atoms with Crippen molar-refractivity contribution in [2.45, 2.75) is 76.3 Å². The van der Waals surface area contributed by atoms with E-state index in [-0.39, 0.29) is 18.6 Å². The second-order valence-corrected chi connectivity index (χ2v) is 11.5. The van der Waals surface area contributed by atoms with Crippen molar-refractivity contribution in [3.05, 3.63) is 23.8 Å². The van der Waals surface area contributed by atoms with Crippen molar-refractivity contribution in [1.82, 2.24) is 10.0 Å². The van der Waals surface area contributed by atoms with Crippen molar-refractivity contribution >= 4 is 28.7 Å². The van der Waals surface area contributed by atoms with Gasteiger partial charge in [0.1, 0.15) is 5.60 Å². The Morgan fingerprint density at radius 1 is 1.03 bits per heavy atom. The lowest BCUT2D eigenvalue weighted by Crippen LogP contribution is -2.41. The third-order valence-electron chi connectivity index (χ3n) is 5.18. The van der Waals surface area contributed by atoms with Gasteiger partial charge < -0.3 is 19.4 Å². The van der Waals surface area contributed by atoms with E-state index >= 15 is 0 Å². The average Bonchev–Trinajstić information content (AvgIpc) is 2.84. The number of benzene rings is 1. The molecule has 0 bridgehead atoms. The van der Waals surface area contributed by atoms with Crippen LogP contribution in [0.1, 0.15) is 54.0 Å². The van der Waals surface area contributed by atoms with Crippen molar-refractivity contribution in [1.29, 1.82) is 0 Å². The van der Waals surface area contributed by atoms with Crippen LogP contribution < -0.4 is 15.5 Å². The number of alkyl halides is 3. The second-order valence-electron chi connectivity index (χ2n) is 9.70. The van der Waals surface area contributed by atoms with Gasteiger partial charge in [-0.1, -0.05) is 6.07 Å². The summed E-state index contributed by atoms with van der Waals surface area (Å²) in [6.07, 6.45) is -5.54. The first-order chi connectivity index (χ1) is 14.7. The van der Waals surface area contributed by atoms with Crippen LogP contribution in [0.25, 0.3) is 0 Å². The largest absolute Gasteiger partial charge is 0.494 e. The molecule has 1 fully saturated rings. The van der Waals surface area contributed by atoms with Gasteiger partial charge in [0, 0.05) is 13.1 Å². The van der Waals surface area contributed by atoms with Crippen LogP contribution in [-0.4, -0.2) is 51.5 Å². The molecular formula is C20H30BF3N2O6S. The monoisotopic (exact) mass is 494 g/mol. The predicted octanol–water partition coefficient (Wildman–Crippen LogP) is 2.81. The minimum Gasteiger partial charge on any atom is -0.444 e. The zero-order valence-electron chi connectivity index (χ0n) is 19.7. The maximum atomic E-state index is 13.5. The van der Waals surface area contributed by atoms with Crippen LogP contribution in [0.3, 0.4) is 0 Å². The number of hydrogen-bond donors (Lipinski definition) is 2. The Kier molecular flexibility index (Phi) is 7.55. The number of amides is 1. The molecule has 1 aliphatic rings. The number of rotatable bonds is 6. The molecule has 0 unspecified atom stereocenters. The SMILES string of the molecule is CC(C)(C)OC(=O)NCCNS(=O)(=O)c1cc(B2OC(C)(C)C(C)(C)O2)cc(C(F)(F)F)c1. The van der Waals surface area contributed by atoms with E-state index in [0.29, 0.717) is 6.07 Å². The Morgan fingerprint density at radius 2 is 1.58 bits per heavy atom. The highest BCUT2D eigenvalue weighted by Crippen LogP contribution is 2.37. The van der Waals surface area contributed by atoms with Gasteiger partial charge in [0.05, 0.1) is 21.7 Å². The molecule has 2 rings (SSSR count). The van der Waals surface area contributed by atoms with Crippen molar-refractivity contribution < 1.29 is 40.4 Å². The van der Waals surface area contributed by atoms with Crippen molar-refractivity contribution in [3.63, 3.8) is 0 Å². The molecule has 1 aliphatic heterocycles. The van der Waals surface area contributed by atoms with E-state index in [4.69, 9.17) is 14.0 Å². The highest BCUT2D eigenvalue weighted by atomic mass is 32.2. The lowest BCUT2D eigenvalue weighted by atomic mass is 9.78. The van der Waals surface area contributed by atoms with Crippen LogP contribution in [0.15, 0.2) is 23.1 Å². The van der Waals surface area contributed by atoms with Gasteiger partial charge in [-0.2, -0.15) is 13.2 Å². The standard InChI is InChI=1S/C20H30BF3N2O6S/c1-17(2,3)30-16(27)25-8-9-26-33(28,29)15-11-13(20(22,23)24)10-14(12-15)21-31-18(4,5)19(6,7)32-21/h10-12,26H,8-9H2,1-7H3,(H,25,27). The highest BCUT2D eigenvalue weighted by molar-refractivity contribution is 7.89. The van der Waals surface area contributed by atoms with Crippen LogP contribution >= 0.6 is 0 Å². The van der Waals surface area contributed by atoms with Crippen molar-refractivity contribution in [2.24, 2.45) is 0 Å². The number of ether oxygens (including phenoxy) is 1. The summed E-state index contributed by atoms with van der Waals surface area (Å²) < 4.78 is 84.7. The normalized spacial score (nSPS) is 18.3. The molecule has 13 heteroatoms. The summed E-state index contributed by atoms with van der Waals surface area (Å²) in [5.74, 6) is 0. The summed E-state index contributed by atoms with van der Waals surface area (Å²) in [7, 11) is -5.52. The number of halogens is 3. The first-order valence-corrected chi connectivity index (χ1v) is 11.8. The molecule has 0 spiro atoms. The first-order valence-electron chi connectivity index (χ1n) is 10.3. The minimum absolute atomic E-state index is 0.0734. The molecule has 1 heterocycles. The molecule has 2 N–H and O–H groups in total. The highest BCUT2D eigenvalue weighted by Gasteiger charge is 2.52. The third-order valence-corrected chi connectivity index (χ3v) is 6.62. The number of hydrogen-bond acceptors (Lipinski definition) is 6. The molecule has 0 saturated carbocycles. The van der Waals surface area contributed by atoms with E-state index in [1.54, 1.807) is 48.5 Å². The molecule has 1 saturated heterocycles. The molecule has 33 heavy (non-hydrogen) atoms. The third kappa shape index (κ3) is 7.08. The summed E-state index contributed by atoms with van der Waals surface area (Å²) in [5, 5.41) is 2.36. The number of alkyl carbamates (subject to hydrolysis) is 1. The summed E-state index contributed by atoms with van der Waals surface area (Å²) in [5.41, 5.74) is -3.60. The van der Waals surface area contributed by atoms with E-state index in [9.17, 15) is 26.4 Å². The fourth-order valence-electron chi connectivity index (χ4n) is 2.80. The molecule has 1 amide bonds. The van der Waals surface area contributed by atoms with Crippen molar-refractivity contribution in [3.8, 4) is 0 Å². The Labute approximate surface area is 192 Å². The smallest absolute Gasteiger partial charge is 0.444 e. The Hall–Kier alpha value is -1.83. The number of sulfonamides is 1. The van der Waals surface area contributed by atoms with Crippen molar-refractivity contribution in [2.75, 3.05) is 13.1 Å². The van der Waals surface area contributed by atoms with Gasteiger partial charge in [0.25, 0.3) is 0 Å². The van der Waals surface area contributed by atoms with Crippen LogP contribution in [-0.2, 0) is 30.2 Å². The van der Waals surface area contributed by atoms with E-state index in [1.807, 2.05) is 0 Å². The number of nitrogens with one attached hydrogen (secondary N) is 2. The number of carbonyl (C=O) groups excluding carboxylic acids is 1. The predicted molar refractivity (Wildman–Crippen MR) is 117 cm³/mol. The van der Waals surface area contributed by atoms with Gasteiger partial charge in [0.15, 0.2) is 0 Å². The zero-order chi connectivity index (χ0) is 25.5. The molecule has 8 nitrogen and oxygen atoms in total. The zero-order valence-corrected chi connectivity index (χ0v) is 20.5. The number of carbonyl (C=O) groups is 1. The quantitative estimate of drug-likeness (QED) is 0.466. The van der Waals surface area contributed by atoms with Crippen LogP contribution in [0.4, 0.5) is 18.0 Å². The average molecular weight is 494 g/mol. The maximum absolute atomic E-state index is 13.5. The van der Waals surface area contributed by atoms with Gasteiger partial charge in [-0.25, -0.2) is 17.9 Å². The van der Waals surface area contributed by atoms with Gasteiger partial charge in [-0.05, 0) is 66.1 Å². The van der Waals surface area contributed by atoms with E-state index in [0.717, 1.165) is 12.1 Å². The molecule has 0 radical (unpaired) electrons. The molecule has 186 valence electrons. The summed E-state index contributed by atoms with van der Waals surface area (Å²) in [4.78, 5) is 11.0. The van der Waals surface area contributed by atoms with Gasteiger partial charge >= 0.3 is 19.4 Å². The fourth-order valence-corrected chi connectivity index (χ4v) is 3.91. The molecular weight excluding hydrogens is 464 g/mol. The Balaban J connectivity index is 2.23. The minimum atomic E-state index is -4.79. The summed E-state index contributed by atoms with van der Waals surface area (Å²) in [6.45, 7) is 11.5. The molecule has 0 aromatic heterocycles. The van der Waals surface area contributed by atoms with Gasteiger partial charge in [-0.3, -0.25) is 0 Å². The molecule has 1 aromatic rings. The molecule has 0 aliphatic carbocycles. The van der Waals surface area contributed by atoms with E-state index in [1.165, 1.54) is 0 Å². The molecule has 0 atom stereocenters. The van der Waals surface area contributed by atoms with E-state index < -0.39 is 56.7 Å².